The highest BCUT2D eigenvalue weighted by Crippen LogP contribution is 2.34. The first-order valence-electron chi connectivity index (χ1n) is 13.1. The molecule has 196 valence electrons. The maximum absolute atomic E-state index is 5.99. The molecule has 3 aromatic carbocycles. The predicted molar refractivity (Wildman–Crippen MR) is 158 cm³/mol. The lowest BCUT2D eigenvalue weighted by Crippen LogP contribution is -2.36. The molecule has 7 nitrogen and oxygen atoms in total. The molecule has 0 amide bonds. The minimum Gasteiger partial charge on any atom is -0.497 e. The van der Waals surface area contributed by atoms with Gasteiger partial charge in [0.2, 0.25) is 0 Å². The van der Waals surface area contributed by atoms with E-state index in [0.717, 1.165) is 76.6 Å². The van der Waals surface area contributed by atoms with Crippen molar-refractivity contribution in [3.05, 3.63) is 96.8 Å². The summed E-state index contributed by atoms with van der Waals surface area (Å²) in [5.74, 6) is 1.69. The Bertz CT molecular complexity index is 1580. The molecule has 0 spiro atoms. The van der Waals surface area contributed by atoms with Crippen molar-refractivity contribution in [2.45, 2.75) is 6.54 Å². The molecule has 1 aliphatic rings. The number of nitrogens with two attached hydrogens (primary N) is 1. The van der Waals surface area contributed by atoms with Crippen LogP contribution in [0.2, 0.25) is 0 Å². The molecule has 39 heavy (non-hydrogen) atoms. The quantitative estimate of drug-likeness (QED) is 0.274. The Labute approximate surface area is 228 Å². The van der Waals surface area contributed by atoms with Crippen LogP contribution in [0.3, 0.4) is 0 Å². The van der Waals surface area contributed by atoms with Crippen molar-refractivity contribution in [1.82, 2.24) is 9.97 Å². The Morgan fingerprint density at radius 2 is 1.64 bits per heavy atom. The standard InChI is InChI=1S/C32H31N5O2/c1-38-29-9-2-22(3-10-29)19-35-32-30(23-4-7-28(8-5-23)37-12-14-39-15-13-37)18-25-16-24(6-11-31(25)36-32)26-17-27(33)21-34-20-26/h2-11,16-18,20-21H,12-15,19,33H2,1H3,(H,35,36). The molecule has 0 atom stereocenters. The zero-order chi connectivity index (χ0) is 26.6. The average Bonchev–Trinajstić information content (AvgIpc) is 3.00. The first-order valence-corrected chi connectivity index (χ1v) is 13.1. The summed E-state index contributed by atoms with van der Waals surface area (Å²) in [6, 6.07) is 27.2. The summed E-state index contributed by atoms with van der Waals surface area (Å²) in [6.07, 6.45) is 3.49. The lowest BCUT2D eigenvalue weighted by Gasteiger charge is -2.29. The van der Waals surface area contributed by atoms with Crippen LogP contribution in [0, 0.1) is 0 Å². The Hall–Kier alpha value is -4.62. The summed E-state index contributed by atoms with van der Waals surface area (Å²) in [4.78, 5) is 11.7. The number of aromatic nitrogens is 2. The van der Waals surface area contributed by atoms with Crippen LogP contribution < -0.4 is 20.7 Å². The molecule has 2 aromatic heterocycles. The van der Waals surface area contributed by atoms with Crippen LogP contribution in [-0.4, -0.2) is 43.4 Å². The SMILES string of the molecule is COc1ccc(CNc2nc3ccc(-c4cncc(N)c4)cc3cc2-c2ccc(N3CCOCC3)cc2)cc1. The van der Waals surface area contributed by atoms with Gasteiger partial charge in [-0.25, -0.2) is 4.98 Å². The van der Waals surface area contributed by atoms with Gasteiger partial charge in [-0.05, 0) is 65.2 Å². The fourth-order valence-corrected chi connectivity index (χ4v) is 4.93. The monoisotopic (exact) mass is 517 g/mol. The van der Waals surface area contributed by atoms with Crippen LogP contribution >= 0.6 is 0 Å². The van der Waals surface area contributed by atoms with Crippen LogP contribution in [0.1, 0.15) is 5.56 Å². The van der Waals surface area contributed by atoms with Gasteiger partial charge in [0.25, 0.3) is 0 Å². The third kappa shape index (κ3) is 5.49. The van der Waals surface area contributed by atoms with Crippen LogP contribution in [0.25, 0.3) is 33.2 Å². The van der Waals surface area contributed by atoms with Crippen molar-refractivity contribution in [1.29, 1.82) is 0 Å². The maximum Gasteiger partial charge on any atom is 0.134 e. The number of nitrogen functional groups attached to an aromatic ring is 1. The van der Waals surface area contributed by atoms with E-state index in [1.54, 1.807) is 13.3 Å². The number of hydrogen-bond donors (Lipinski definition) is 2. The van der Waals surface area contributed by atoms with Crippen molar-refractivity contribution in [3.8, 4) is 28.0 Å². The number of methoxy groups -OCH3 is 1. The molecule has 0 bridgehead atoms. The Kier molecular flexibility index (Phi) is 6.97. The number of morpholine rings is 1. The van der Waals surface area contributed by atoms with Gasteiger partial charge in [0.1, 0.15) is 11.6 Å². The molecule has 7 heteroatoms. The smallest absolute Gasteiger partial charge is 0.134 e. The highest BCUT2D eigenvalue weighted by atomic mass is 16.5. The molecular formula is C32H31N5O2. The predicted octanol–water partition coefficient (Wildman–Crippen LogP) is 6.00. The van der Waals surface area contributed by atoms with Crippen molar-refractivity contribution in [2.24, 2.45) is 0 Å². The molecule has 3 N–H and O–H groups in total. The molecule has 1 aliphatic heterocycles. The molecule has 6 rings (SSSR count). The Morgan fingerprint density at radius 3 is 2.38 bits per heavy atom. The third-order valence-corrected chi connectivity index (χ3v) is 7.08. The lowest BCUT2D eigenvalue weighted by atomic mass is 10.00. The van der Waals surface area contributed by atoms with E-state index in [9.17, 15) is 0 Å². The van der Waals surface area contributed by atoms with E-state index in [1.807, 2.05) is 24.4 Å². The molecule has 0 aliphatic carbocycles. The summed E-state index contributed by atoms with van der Waals surface area (Å²) in [5, 5.41) is 4.64. The van der Waals surface area contributed by atoms with Gasteiger partial charge in [-0.1, -0.05) is 30.3 Å². The number of nitrogens with zero attached hydrogens (tertiary/aromatic N) is 3. The van der Waals surface area contributed by atoms with E-state index in [-0.39, 0.29) is 0 Å². The number of anilines is 3. The largest absolute Gasteiger partial charge is 0.497 e. The first kappa shape index (κ1) is 24.7. The van der Waals surface area contributed by atoms with E-state index in [0.29, 0.717) is 12.2 Å². The second-order valence-corrected chi connectivity index (χ2v) is 9.65. The van der Waals surface area contributed by atoms with E-state index < -0.39 is 0 Å². The van der Waals surface area contributed by atoms with E-state index >= 15 is 0 Å². The summed E-state index contributed by atoms with van der Waals surface area (Å²) in [6.45, 7) is 4.00. The first-order chi connectivity index (χ1) is 19.2. The van der Waals surface area contributed by atoms with E-state index in [4.69, 9.17) is 20.2 Å². The number of hydrogen-bond acceptors (Lipinski definition) is 7. The second kappa shape index (κ2) is 11.0. The molecular weight excluding hydrogens is 486 g/mol. The number of ether oxygens (including phenoxy) is 2. The van der Waals surface area contributed by atoms with E-state index in [1.165, 1.54) is 5.69 Å². The fourth-order valence-electron chi connectivity index (χ4n) is 4.93. The highest BCUT2D eigenvalue weighted by Gasteiger charge is 2.14. The fraction of sp³-hybridized carbons (Fsp3) is 0.188. The minimum atomic E-state index is 0.643. The minimum absolute atomic E-state index is 0.643. The van der Waals surface area contributed by atoms with Gasteiger partial charge in [0.15, 0.2) is 0 Å². The maximum atomic E-state index is 5.99. The number of pyridine rings is 2. The van der Waals surface area contributed by atoms with Crippen LogP contribution in [0.5, 0.6) is 5.75 Å². The summed E-state index contributed by atoms with van der Waals surface area (Å²) in [5.41, 5.74) is 14.1. The molecule has 0 saturated carbocycles. The molecule has 1 fully saturated rings. The van der Waals surface area contributed by atoms with Crippen LogP contribution in [-0.2, 0) is 11.3 Å². The number of rotatable bonds is 7. The average molecular weight is 518 g/mol. The van der Waals surface area contributed by atoms with Gasteiger partial charge in [0.05, 0.1) is 31.5 Å². The van der Waals surface area contributed by atoms with E-state index in [2.05, 4.69) is 75.9 Å². The van der Waals surface area contributed by atoms with Crippen LogP contribution in [0.4, 0.5) is 17.2 Å². The van der Waals surface area contributed by atoms with Gasteiger partial charge in [0, 0.05) is 54.2 Å². The summed E-state index contributed by atoms with van der Waals surface area (Å²) < 4.78 is 10.8. The van der Waals surface area contributed by atoms with Crippen LogP contribution in [0.15, 0.2) is 91.3 Å². The van der Waals surface area contributed by atoms with Gasteiger partial charge in [-0.15, -0.1) is 0 Å². The normalized spacial score (nSPS) is 13.4. The third-order valence-electron chi connectivity index (χ3n) is 7.08. The Balaban J connectivity index is 1.37. The summed E-state index contributed by atoms with van der Waals surface area (Å²) in [7, 11) is 1.68. The van der Waals surface area contributed by atoms with Gasteiger partial charge >= 0.3 is 0 Å². The molecule has 0 radical (unpaired) electrons. The molecule has 3 heterocycles. The topological polar surface area (TPSA) is 85.5 Å². The zero-order valence-electron chi connectivity index (χ0n) is 21.9. The van der Waals surface area contributed by atoms with Crippen molar-refractivity contribution in [2.75, 3.05) is 49.4 Å². The lowest BCUT2D eigenvalue weighted by molar-refractivity contribution is 0.122. The Morgan fingerprint density at radius 1 is 0.872 bits per heavy atom. The molecule has 1 saturated heterocycles. The number of fused-ring (bicyclic) bond motifs is 1. The zero-order valence-corrected chi connectivity index (χ0v) is 21.9. The van der Waals surface area contributed by atoms with Crippen molar-refractivity contribution in [3.63, 3.8) is 0 Å². The van der Waals surface area contributed by atoms with Crippen molar-refractivity contribution >= 4 is 28.1 Å². The van der Waals surface area contributed by atoms with Gasteiger partial charge < -0.3 is 25.4 Å². The second-order valence-electron chi connectivity index (χ2n) is 9.65. The van der Waals surface area contributed by atoms with Gasteiger partial charge in [-0.2, -0.15) is 0 Å². The molecule has 0 unspecified atom stereocenters. The van der Waals surface area contributed by atoms with Crippen molar-refractivity contribution < 1.29 is 9.47 Å². The number of benzene rings is 3. The van der Waals surface area contributed by atoms with Gasteiger partial charge in [-0.3, -0.25) is 4.98 Å². The summed E-state index contributed by atoms with van der Waals surface area (Å²) >= 11 is 0. The number of nitrogens with one attached hydrogen (secondary N) is 1. The molecule has 5 aromatic rings. The highest BCUT2D eigenvalue weighted by molar-refractivity contribution is 5.92.